The normalized spacial score (nSPS) is 10.9. The Morgan fingerprint density at radius 2 is 1.82 bits per heavy atom. The van der Waals surface area contributed by atoms with Gasteiger partial charge in [-0.05, 0) is 24.6 Å². The Kier molecular flexibility index (Phi) is 2.52. The SMILES string of the molecule is Cc1cccc(Br)c1-c1coc2ccccc12. The molecule has 0 saturated carbocycles. The van der Waals surface area contributed by atoms with Crippen molar-refractivity contribution >= 4 is 26.9 Å². The molecule has 0 aliphatic heterocycles. The van der Waals surface area contributed by atoms with E-state index in [2.05, 4.69) is 41.1 Å². The first-order valence-electron chi connectivity index (χ1n) is 5.49. The van der Waals surface area contributed by atoms with Gasteiger partial charge in [0.05, 0.1) is 6.26 Å². The second kappa shape index (κ2) is 4.04. The molecule has 0 amide bonds. The van der Waals surface area contributed by atoms with Crippen molar-refractivity contribution in [1.29, 1.82) is 0 Å². The lowest BCUT2D eigenvalue weighted by atomic mass is 10.0. The van der Waals surface area contributed by atoms with Crippen LogP contribution in [0.1, 0.15) is 5.56 Å². The molecule has 2 aromatic carbocycles. The van der Waals surface area contributed by atoms with E-state index in [9.17, 15) is 0 Å². The second-order valence-corrected chi connectivity index (χ2v) is 4.93. The Labute approximate surface area is 108 Å². The molecule has 0 spiro atoms. The molecule has 17 heavy (non-hydrogen) atoms. The summed E-state index contributed by atoms with van der Waals surface area (Å²) in [5.74, 6) is 0. The molecular weight excluding hydrogens is 276 g/mol. The van der Waals surface area contributed by atoms with Gasteiger partial charge in [-0.3, -0.25) is 0 Å². The standard InChI is InChI=1S/C15H11BrO/c1-10-5-4-7-13(16)15(10)12-9-17-14-8-3-2-6-11(12)14/h2-9H,1H3. The van der Waals surface area contributed by atoms with Gasteiger partial charge in [0.1, 0.15) is 5.58 Å². The number of benzene rings is 2. The van der Waals surface area contributed by atoms with E-state index >= 15 is 0 Å². The molecule has 84 valence electrons. The predicted octanol–water partition coefficient (Wildman–Crippen LogP) is 5.17. The molecule has 0 aliphatic rings. The minimum absolute atomic E-state index is 0.928. The van der Waals surface area contributed by atoms with Crippen LogP contribution in [0.4, 0.5) is 0 Å². The van der Waals surface area contributed by atoms with Gasteiger partial charge >= 0.3 is 0 Å². The first kappa shape index (κ1) is 10.6. The maximum Gasteiger partial charge on any atom is 0.134 e. The number of rotatable bonds is 1. The molecule has 0 atom stereocenters. The van der Waals surface area contributed by atoms with Crippen molar-refractivity contribution < 1.29 is 4.42 Å². The quantitative estimate of drug-likeness (QED) is 0.601. The smallest absolute Gasteiger partial charge is 0.134 e. The first-order chi connectivity index (χ1) is 8.27. The van der Waals surface area contributed by atoms with Crippen LogP contribution in [0.5, 0.6) is 0 Å². The molecule has 1 heterocycles. The van der Waals surface area contributed by atoms with Gasteiger partial charge in [-0.25, -0.2) is 0 Å². The van der Waals surface area contributed by atoms with Gasteiger partial charge in [0, 0.05) is 21.0 Å². The summed E-state index contributed by atoms with van der Waals surface area (Å²) in [6.07, 6.45) is 1.83. The fourth-order valence-corrected chi connectivity index (χ4v) is 2.82. The summed E-state index contributed by atoms with van der Waals surface area (Å²) < 4.78 is 6.69. The van der Waals surface area contributed by atoms with Crippen molar-refractivity contribution in [2.24, 2.45) is 0 Å². The number of hydrogen-bond donors (Lipinski definition) is 0. The zero-order chi connectivity index (χ0) is 11.8. The number of para-hydroxylation sites is 1. The third kappa shape index (κ3) is 1.69. The molecule has 0 N–H and O–H groups in total. The fraction of sp³-hybridized carbons (Fsp3) is 0.0667. The molecule has 3 aromatic rings. The highest BCUT2D eigenvalue weighted by atomic mass is 79.9. The second-order valence-electron chi connectivity index (χ2n) is 4.08. The van der Waals surface area contributed by atoms with Crippen LogP contribution in [0.25, 0.3) is 22.1 Å². The molecule has 0 unspecified atom stereocenters. The molecule has 0 aliphatic carbocycles. The molecular formula is C15H11BrO. The van der Waals surface area contributed by atoms with Crippen LogP contribution in [-0.4, -0.2) is 0 Å². The molecule has 3 rings (SSSR count). The Morgan fingerprint density at radius 1 is 1.00 bits per heavy atom. The first-order valence-corrected chi connectivity index (χ1v) is 6.28. The van der Waals surface area contributed by atoms with E-state index < -0.39 is 0 Å². The minimum atomic E-state index is 0.928. The van der Waals surface area contributed by atoms with E-state index in [1.807, 2.05) is 30.5 Å². The van der Waals surface area contributed by atoms with Crippen LogP contribution in [0.2, 0.25) is 0 Å². The molecule has 1 nitrogen and oxygen atoms in total. The number of halogens is 1. The lowest BCUT2D eigenvalue weighted by molar-refractivity contribution is 0.617. The van der Waals surface area contributed by atoms with Gasteiger partial charge < -0.3 is 4.42 Å². The lowest BCUT2D eigenvalue weighted by Crippen LogP contribution is -1.83. The molecule has 0 radical (unpaired) electrons. The molecule has 2 heteroatoms. The monoisotopic (exact) mass is 286 g/mol. The van der Waals surface area contributed by atoms with Gasteiger partial charge in [0.25, 0.3) is 0 Å². The maximum absolute atomic E-state index is 5.59. The van der Waals surface area contributed by atoms with Crippen molar-refractivity contribution in [3.63, 3.8) is 0 Å². The summed E-state index contributed by atoms with van der Waals surface area (Å²) in [4.78, 5) is 0. The predicted molar refractivity (Wildman–Crippen MR) is 74.1 cm³/mol. The van der Waals surface area contributed by atoms with Crippen molar-refractivity contribution in [2.45, 2.75) is 6.92 Å². The van der Waals surface area contributed by atoms with Gasteiger partial charge in [-0.1, -0.05) is 46.3 Å². The summed E-state index contributed by atoms with van der Waals surface area (Å²) in [6.45, 7) is 2.11. The van der Waals surface area contributed by atoms with E-state index in [4.69, 9.17) is 4.42 Å². The zero-order valence-electron chi connectivity index (χ0n) is 9.41. The summed E-state index contributed by atoms with van der Waals surface area (Å²) in [5.41, 5.74) is 4.52. The Balaban J connectivity index is 2.35. The zero-order valence-corrected chi connectivity index (χ0v) is 11.0. The average molecular weight is 287 g/mol. The van der Waals surface area contributed by atoms with Crippen molar-refractivity contribution in [3.8, 4) is 11.1 Å². The molecule has 1 aromatic heterocycles. The van der Waals surface area contributed by atoms with Gasteiger partial charge in [-0.15, -0.1) is 0 Å². The Bertz CT molecular complexity index is 662. The van der Waals surface area contributed by atoms with Crippen LogP contribution >= 0.6 is 15.9 Å². The molecule has 0 saturated heterocycles. The van der Waals surface area contributed by atoms with E-state index in [0.29, 0.717) is 0 Å². The Morgan fingerprint density at radius 3 is 2.65 bits per heavy atom. The number of aryl methyl sites for hydroxylation is 1. The third-order valence-electron chi connectivity index (χ3n) is 2.97. The summed E-state index contributed by atoms with van der Waals surface area (Å²) in [7, 11) is 0. The van der Waals surface area contributed by atoms with Gasteiger partial charge in [-0.2, -0.15) is 0 Å². The van der Waals surface area contributed by atoms with Gasteiger partial charge in [0.2, 0.25) is 0 Å². The summed E-state index contributed by atoms with van der Waals surface area (Å²) in [5, 5.41) is 1.16. The fourth-order valence-electron chi connectivity index (χ4n) is 2.14. The highest BCUT2D eigenvalue weighted by Crippen LogP contribution is 2.36. The number of fused-ring (bicyclic) bond motifs is 1. The van der Waals surface area contributed by atoms with E-state index in [-0.39, 0.29) is 0 Å². The number of hydrogen-bond acceptors (Lipinski definition) is 1. The van der Waals surface area contributed by atoms with E-state index in [0.717, 1.165) is 21.0 Å². The topological polar surface area (TPSA) is 13.1 Å². The van der Waals surface area contributed by atoms with Crippen LogP contribution in [0.3, 0.4) is 0 Å². The van der Waals surface area contributed by atoms with Crippen molar-refractivity contribution in [3.05, 3.63) is 58.8 Å². The van der Waals surface area contributed by atoms with Gasteiger partial charge in [0.15, 0.2) is 0 Å². The van der Waals surface area contributed by atoms with Crippen molar-refractivity contribution in [2.75, 3.05) is 0 Å². The van der Waals surface area contributed by atoms with Crippen molar-refractivity contribution in [1.82, 2.24) is 0 Å². The third-order valence-corrected chi connectivity index (χ3v) is 3.63. The van der Waals surface area contributed by atoms with Crippen LogP contribution < -0.4 is 0 Å². The summed E-state index contributed by atoms with van der Waals surface area (Å²) >= 11 is 3.61. The van der Waals surface area contributed by atoms with E-state index in [1.54, 1.807) is 0 Å². The van der Waals surface area contributed by atoms with Crippen LogP contribution in [0.15, 0.2) is 57.6 Å². The van der Waals surface area contributed by atoms with Crippen LogP contribution in [-0.2, 0) is 0 Å². The minimum Gasteiger partial charge on any atom is -0.464 e. The molecule has 0 bridgehead atoms. The summed E-state index contributed by atoms with van der Waals surface area (Å²) in [6, 6.07) is 14.3. The van der Waals surface area contributed by atoms with Crippen LogP contribution in [0, 0.1) is 6.92 Å². The highest BCUT2D eigenvalue weighted by Gasteiger charge is 2.12. The Hall–Kier alpha value is -1.54. The lowest BCUT2D eigenvalue weighted by Gasteiger charge is -2.06. The average Bonchev–Trinajstić information content (AvgIpc) is 2.73. The van der Waals surface area contributed by atoms with E-state index in [1.165, 1.54) is 11.1 Å². The maximum atomic E-state index is 5.59. The highest BCUT2D eigenvalue weighted by molar-refractivity contribution is 9.10. The molecule has 0 fully saturated rings. The largest absolute Gasteiger partial charge is 0.464 e. The number of furan rings is 1.